The summed E-state index contributed by atoms with van der Waals surface area (Å²) in [6.07, 6.45) is -1.12. The zero-order valence-corrected chi connectivity index (χ0v) is 20.2. The van der Waals surface area contributed by atoms with Crippen molar-refractivity contribution in [1.82, 2.24) is 14.8 Å². The molecule has 200 valence electrons. The molecule has 2 N–H and O–H groups in total. The van der Waals surface area contributed by atoms with E-state index in [2.05, 4.69) is 15.5 Å². The Morgan fingerprint density at radius 1 is 1.14 bits per heavy atom. The minimum Gasteiger partial charge on any atom is -0.383 e. The predicted molar refractivity (Wildman–Crippen MR) is 128 cm³/mol. The number of pyridine rings is 1. The van der Waals surface area contributed by atoms with Crippen LogP contribution in [0.15, 0.2) is 35.3 Å². The van der Waals surface area contributed by atoms with E-state index in [0.717, 1.165) is 55.2 Å². The maximum atomic E-state index is 14.4. The molecule has 37 heavy (non-hydrogen) atoms. The van der Waals surface area contributed by atoms with E-state index >= 15 is 0 Å². The first kappa shape index (κ1) is 25.7. The zero-order chi connectivity index (χ0) is 26.3. The Kier molecular flexibility index (Phi) is 6.99. The van der Waals surface area contributed by atoms with E-state index in [1.807, 2.05) is 0 Å². The van der Waals surface area contributed by atoms with Gasteiger partial charge < -0.3 is 15.2 Å². The fraction of sp³-hybridized carbons (Fsp3) is 0.538. The molecule has 3 saturated heterocycles. The van der Waals surface area contributed by atoms with Crippen LogP contribution < -0.4 is 16.2 Å². The highest BCUT2D eigenvalue weighted by Gasteiger charge is 2.53. The van der Waals surface area contributed by atoms with Crippen LogP contribution >= 0.6 is 0 Å². The number of hydrogen-bond acceptors (Lipinski definition) is 4. The first-order valence-corrected chi connectivity index (χ1v) is 12.6. The van der Waals surface area contributed by atoms with Crippen molar-refractivity contribution < 1.29 is 26.7 Å². The quantitative estimate of drug-likeness (QED) is 0.474. The SMILES string of the molecule is O=C(NCc1cccc(C(F)F)c1F)c1cn(C2(C(F)F)CC2)c(=O)cc1NCC1CC2CCN1CC2. The Bertz CT molecular complexity index is 1220. The summed E-state index contributed by atoms with van der Waals surface area (Å²) in [5, 5.41) is 5.67. The molecule has 0 spiro atoms. The van der Waals surface area contributed by atoms with Gasteiger partial charge in [-0.2, -0.15) is 0 Å². The van der Waals surface area contributed by atoms with Crippen molar-refractivity contribution >= 4 is 11.6 Å². The van der Waals surface area contributed by atoms with Crippen LogP contribution in [0.4, 0.5) is 27.6 Å². The Labute approximate surface area is 210 Å². The number of carbonyl (C=O) groups is 1. The highest BCUT2D eigenvalue weighted by molar-refractivity contribution is 5.99. The highest BCUT2D eigenvalue weighted by Crippen LogP contribution is 2.48. The van der Waals surface area contributed by atoms with Gasteiger partial charge in [0.25, 0.3) is 24.3 Å². The van der Waals surface area contributed by atoms with Crippen molar-refractivity contribution in [1.29, 1.82) is 0 Å². The summed E-state index contributed by atoms with van der Waals surface area (Å²) in [6, 6.07) is 4.91. The smallest absolute Gasteiger partial charge is 0.266 e. The third-order valence-electron chi connectivity index (χ3n) is 8.03. The molecule has 2 bridgehead atoms. The average molecular weight is 525 g/mol. The molecule has 1 aromatic carbocycles. The first-order valence-electron chi connectivity index (χ1n) is 12.6. The van der Waals surface area contributed by atoms with Crippen LogP contribution in [0.1, 0.15) is 60.0 Å². The van der Waals surface area contributed by atoms with Crippen molar-refractivity contribution in [3.8, 4) is 0 Å². The van der Waals surface area contributed by atoms with Gasteiger partial charge in [-0.25, -0.2) is 22.0 Å². The van der Waals surface area contributed by atoms with Gasteiger partial charge in [0.15, 0.2) is 0 Å². The number of rotatable bonds is 9. The number of halogens is 5. The molecule has 1 saturated carbocycles. The van der Waals surface area contributed by atoms with E-state index in [4.69, 9.17) is 0 Å². The Morgan fingerprint density at radius 3 is 2.46 bits per heavy atom. The van der Waals surface area contributed by atoms with E-state index < -0.39 is 41.2 Å². The summed E-state index contributed by atoms with van der Waals surface area (Å²) in [7, 11) is 0. The van der Waals surface area contributed by atoms with E-state index in [1.165, 1.54) is 12.1 Å². The van der Waals surface area contributed by atoms with Gasteiger partial charge in [0.2, 0.25) is 0 Å². The molecular weight excluding hydrogens is 495 g/mol. The summed E-state index contributed by atoms with van der Waals surface area (Å²) in [5.74, 6) is -1.20. The van der Waals surface area contributed by atoms with E-state index in [0.29, 0.717) is 12.5 Å². The predicted octanol–water partition coefficient (Wildman–Crippen LogP) is 4.51. The first-order chi connectivity index (χ1) is 17.7. The van der Waals surface area contributed by atoms with Gasteiger partial charge in [-0.15, -0.1) is 0 Å². The second-order valence-electron chi connectivity index (χ2n) is 10.3. The van der Waals surface area contributed by atoms with Gasteiger partial charge in [0.05, 0.1) is 16.8 Å². The molecule has 4 aliphatic rings. The van der Waals surface area contributed by atoms with Crippen LogP contribution in [0.2, 0.25) is 0 Å². The monoisotopic (exact) mass is 524 g/mol. The lowest BCUT2D eigenvalue weighted by molar-refractivity contribution is 0.0562. The lowest BCUT2D eigenvalue weighted by Gasteiger charge is -2.45. The molecule has 1 amide bonds. The fourth-order valence-corrected chi connectivity index (χ4v) is 5.60. The molecule has 1 aliphatic carbocycles. The molecule has 2 aromatic rings. The van der Waals surface area contributed by atoms with Crippen LogP contribution in [-0.2, 0) is 12.1 Å². The average Bonchev–Trinajstić information content (AvgIpc) is 3.69. The number of amides is 1. The van der Waals surface area contributed by atoms with Crippen LogP contribution in [0, 0.1) is 11.7 Å². The Morgan fingerprint density at radius 2 is 1.86 bits per heavy atom. The number of alkyl halides is 4. The van der Waals surface area contributed by atoms with Crippen molar-refractivity contribution in [2.24, 2.45) is 5.92 Å². The molecule has 3 aliphatic heterocycles. The number of benzene rings is 1. The van der Waals surface area contributed by atoms with Crippen molar-refractivity contribution in [2.75, 3.05) is 25.0 Å². The number of aromatic nitrogens is 1. The standard InChI is InChI=1S/C26H29F5N4O2/c27-22-16(2-1-3-18(22)23(28)29)12-33-24(37)19-14-35(26(6-7-26)25(30)31)21(36)11-20(19)32-13-17-10-15-4-8-34(17)9-5-15/h1-3,11,14-15,17,23,25,32H,4-10,12-13H2,(H,33,37). The second-order valence-corrected chi connectivity index (χ2v) is 10.3. The van der Waals surface area contributed by atoms with Gasteiger partial charge >= 0.3 is 0 Å². The summed E-state index contributed by atoms with van der Waals surface area (Å²) < 4.78 is 69.0. The normalized spacial score (nSPS) is 23.9. The number of fused-ring (bicyclic) bond motifs is 3. The minimum absolute atomic E-state index is 0.0343. The molecular formula is C26H29F5N4O2. The molecule has 6 rings (SSSR count). The molecule has 11 heteroatoms. The van der Waals surface area contributed by atoms with E-state index in [1.54, 1.807) is 0 Å². The molecule has 1 atom stereocenters. The lowest BCUT2D eigenvalue weighted by atomic mass is 9.83. The topological polar surface area (TPSA) is 66.4 Å². The largest absolute Gasteiger partial charge is 0.383 e. The highest BCUT2D eigenvalue weighted by atomic mass is 19.3. The number of carbonyl (C=O) groups excluding carboxylic acids is 1. The molecule has 4 fully saturated rings. The summed E-state index contributed by atoms with van der Waals surface area (Å²) in [5.41, 5.74) is -3.02. The maximum Gasteiger partial charge on any atom is 0.266 e. The number of anilines is 1. The molecule has 1 unspecified atom stereocenters. The van der Waals surface area contributed by atoms with Gasteiger partial charge in [-0.3, -0.25) is 14.5 Å². The van der Waals surface area contributed by atoms with E-state index in [-0.39, 0.29) is 42.2 Å². The summed E-state index contributed by atoms with van der Waals surface area (Å²) >= 11 is 0. The number of hydrogen-bond donors (Lipinski definition) is 2. The number of piperidine rings is 3. The van der Waals surface area contributed by atoms with Crippen LogP contribution in [0.5, 0.6) is 0 Å². The van der Waals surface area contributed by atoms with Gasteiger partial charge in [0, 0.05) is 37.0 Å². The Hall–Kier alpha value is -2.95. The molecule has 0 radical (unpaired) electrons. The van der Waals surface area contributed by atoms with Gasteiger partial charge in [0.1, 0.15) is 11.4 Å². The van der Waals surface area contributed by atoms with Crippen LogP contribution in [-0.4, -0.2) is 47.5 Å². The Balaban J connectivity index is 1.40. The third-order valence-corrected chi connectivity index (χ3v) is 8.03. The fourth-order valence-electron chi connectivity index (χ4n) is 5.60. The minimum atomic E-state index is -3.01. The maximum absolute atomic E-state index is 14.4. The van der Waals surface area contributed by atoms with Crippen molar-refractivity contribution in [3.63, 3.8) is 0 Å². The van der Waals surface area contributed by atoms with Crippen LogP contribution in [0.3, 0.4) is 0 Å². The van der Waals surface area contributed by atoms with E-state index in [9.17, 15) is 31.5 Å². The molecule has 1 aromatic heterocycles. The van der Waals surface area contributed by atoms with Gasteiger partial charge in [-0.05, 0) is 51.1 Å². The third kappa shape index (κ3) is 4.97. The van der Waals surface area contributed by atoms with Crippen molar-refractivity contribution in [2.45, 2.75) is 63.1 Å². The van der Waals surface area contributed by atoms with Crippen molar-refractivity contribution in [3.05, 3.63) is 63.3 Å². The number of nitrogens with one attached hydrogen (secondary N) is 2. The lowest BCUT2D eigenvalue weighted by Crippen LogP contribution is -2.51. The second kappa shape index (κ2) is 10.1. The van der Waals surface area contributed by atoms with Gasteiger partial charge in [-0.1, -0.05) is 18.2 Å². The molecule has 4 heterocycles. The van der Waals surface area contributed by atoms with Crippen LogP contribution in [0.25, 0.3) is 0 Å². The molecule has 6 nitrogen and oxygen atoms in total. The zero-order valence-electron chi connectivity index (χ0n) is 20.2. The number of nitrogens with zero attached hydrogens (tertiary/aromatic N) is 2. The summed E-state index contributed by atoms with van der Waals surface area (Å²) in [6.45, 7) is 2.07. The summed E-state index contributed by atoms with van der Waals surface area (Å²) in [4.78, 5) is 28.4.